The van der Waals surface area contributed by atoms with Gasteiger partial charge in [0.2, 0.25) is 0 Å². The molecule has 2 aromatic carbocycles. The SMILES string of the molecule is Cc1cc(Br)cc(Br)c1.Cc1cc(Br)cc(N2CCOCC2)c1. The highest BCUT2D eigenvalue weighted by Gasteiger charge is 2.11. The first-order valence-corrected chi connectivity index (χ1v) is 9.84. The van der Waals surface area contributed by atoms with Crippen molar-refractivity contribution in [2.24, 2.45) is 0 Å². The minimum absolute atomic E-state index is 0.839. The van der Waals surface area contributed by atoms with Gasteiger partial charge < -0.3 is 9.64 Å². The largest absolute Gasteiger partial charge is 0.378 e. The van der Waals surface area contributed by atoms with Crippen LogP contribution in [0, 0.1) is 13.8 Å². The van der Waals surface area contributed by atoms with E-state index in [1.54, 1.807) is 0 Å². The first-order chi connectivity index (χ1) is 10.9. The number of aryl methyl sites for hydroxylation is 2. The first kappa shape index (κ1) is 19.0. The zero-order valence-electron chi connectivity index (χ0n) is 13.3. The molecule has 0 unspecified atom stereocenters. The zero-order valence-corrected chi connectivity index (χ0v) is 18.0. The molecule has 0 spiro atoms. The molecule has 0 N–H and O–H groups in total. The Morgan fingerprint density at radius 1 is 0.739 bits per heavy atom. The maximum atomic E-state index is 5.33. The minimum Gasteiger partial charge on any atom is -0.378 e. The highest BCUT2D eigenvalue weighted by atomic mass is 79.9. The summed E-state index contributed by atoms with van der Waals surface area (Å²) in [4.78, 5) is 2.36. The summed E-state index contributed by atoms with van der Waals surface area (Å²) in [6.07, 6.45) is 0. The first-order valence-electron chi connectivity index (χ1n) is 7.46. The molecule has 5 heteroatoms. The summed E-state index contributed by atoms with van der Waals surface area (Å²) in [6, 6.07) is 12.7. The molecule has 0 bridgehead atoms. The van der Waals surface area contributed by atoms with Crippen LogP contribution < -0.4 is 4.90 Å². The van der Waals surface area contributed by atoms with E-state index in [0.717, 1.165) is 39.7 Å². The highest BCUT2D eigenvalue weighted by molar-refractivity contribution is 9.11. The molecule has 2 aromatic rings. The van der Waals surface area contributed by atoms with E-state index in [9.17, 15) is 0 Å². The van der Waals surface area contributed by atoms with Crippen LogP contribution in [0.5, 0.6) is 0 Å². The molecule has 0 amide bonds. The van der Waals surface area contributed by atoms with Gasteiger partial charge >= 0.3 is 0 Å². The van der Waals surface area contributed by atoms with Crippen LogP contribution in [0.15, 0.2) is 49.8 Å². The standard InChI is InChI=1S/C11H14BrNO.C7H6Br2/c1-9-6-10(12)8-11(7-9)13-2-4-14-5-3-13;1-5-2-6(8)4-7(9)3-5/h6-8H,2-5H2,1H3;2-4H,1H3. The lowest BCUT2D eigenvalue weighted by Gasteiger charge is -2.29. The average Bonchev–Trinajstić information content (AvgIpc) is 2.46. The average molecular weight is 506 g/mol. The molecular formula is C18H20Br3NO. The van der Waals surface area contributed by atoms with Crippen LogP contribution in [-0.2, 0) is 4.74 Å². The fourth-order valence-corrected chi connectivity index (χ4v) is 4.53. The molecule has 1 fully saturated rings. The van der Waals surface area contributed by atoms with E-state index < -0.39 is 0 Å². The molecule has 2 nitrogen and oxygen atoms in total. The highest BCUT2D eigenvalue weighted by Crippen LogP contribution is 2.23. The van der Waals surface area contributed by atoms with Gasteiger partial charge in [0.05, 0.1) is 13.2 Å². The maximum absolute atomic E-state index is 5.33. The summed E-state index contributed by atoms with van der Waals surface area (Å²) in [7, 11) is 0. The number of rotatable bonds is 1. The van der Waals surface area contributed by atoms with Crippen molar-refractivity contribution in [3.63, 3.8) is 0 Å². The third-order valence-electron chi connectivity index (χ3n) is 3.41. The van der Waals surface area contributed by atoms with Crippen LogP contribution in [0.3, 0.4) is 0 Å². The van der Waals surface area contributed by atoms with E-state index in [2.05, 4.69) is 96.9 Å². The fraction of sp³-hybridized carbons (Fsp3) is 0.333. The Bertz CT molecular complexity index is 584. The molecule has 0 radical (unpaired) electrons. The van der Waals surface area contributed by atoms with Crippen molar-refractivity contribution >= 4 is 53.5 Å². The van der Waals surface area contributed by atoms with Gasteiger partial charge in [-0.1, -0.05) is 47.8 Å². The van der Waals surface area contributed by atoms with Crippen LogP contribution in [0.1, 0.15) is 11.1 Å². The Kier molecular flexibility index (Phi) is 7.60. The van der Waals surface area contributed by atoms with Gasteiger partial charge in [-0.3, -0.25) is 0 Å². The topological polar surface area (TPSA) is 12.5 Å². The van der Waals surface area contributed by atoms with E-state index in [1.807, 2.05) is 6.07 Å². The van der Waals surface area contributed by atoms with E-state index in [-0.39, 0.29) is 0 Å². The Labute approximate surface area is 163 Å². The molecule has 124 valence electrons. The number of nitrogens with zero attached hydrogens (tertiary/aromatic N) is 1. The van der Waals surface area contributed by atoms with E-state index in [0.29, 0.717) is 0 Å². The number of benzene rings is 2. The van der Waals surface area contributed by atoms with E-state index >= 15 is 0 Å². The Morgan fingerprint density at radius 2 is 1.22 bits per heavy atom. The predicted octanol–water partition coefficient (Wildman–Crippen LogP) is 6.11. The number of hydrogen-bond acceptors (Lipinski definition) is 2. The second-order valence-corrected chi connectivity index (χ2v) is 8.28. The quantitative estimate of drug-likeness (QED) is 0.463. The number of anilines is 1. The maximum Gasteiger partial charge on any atom is 0.0642 e. The van der Waals surface area contributed by atoms with Crippen molar-refractivity contribution in [1.82, 2.24) is 0 Å². The lowest BCUT2D eigenvalue weighted by Crippen LogP contribution is -2.36. The number of hydrogen-bond donors (Lipinski definition) is 0. The van der Waals surface area contributed by atoms with Gasteiger partial charge in [-0.2, -0.15) is 0 Å². The van der Waals surface area contributed by atoms with E-state index in [1.165, 1.54) is 16.8 Å². The molecule has 0 aromatic heterocycles. The number of halogens is 3. The molecule has 1 heterocycles. The predicted molar refractivity (Wildman–Crippen MR) is 108 cm³/mol. The van der Waals surface area contributed by atoms with Crippen molar-refractivity contribution in [3.8, 4) is 0 Å². The van der Waals surface area contributed by atoms with Gasteiger partial charge in [-0.15, -0.1) is 0 Å². The smallest absolute Gasteiger partial charge is 0.0642 e. The fourth-order valence-electron chi connectivity index (χ4n) is 2.41. The van der Waals surface area contributed by atoms with Crippen molar-refractivity contribution in [3.05, 3.63) is 60.9 Å². The van der Waals surface area contributed by atoms with Gasteiger partial charge in [0.25, 0.3) is 0 Å². The summed E-state index contributed by atoms with van der Waals surface area (Å²) in [5, 5.41) is 0. The third-order valence-corrected chi connectivity index (χ3v) is 4.78. The van der Waals surface area contributed by atoms with Gasteiger partial charge in [-0.05, 0) is 61.4 Å². The summed E-state index contributed by atoms with van der Waals surface area (Å²) >= 11 is 10.3. The lowest BCUT2D eigenvalue weighted by molar-refractivity contribution is 0.122. The molecule has 0 aliphatic carbocycles. The molecule has 23 heavy (non-hydrogen) atoms. The molecule has 3 rings (SSSR count). The van der Waals surface area contributed by atoms with Crippen LogP contribution in [-0.4, -0.2) is 26.3 Å². The summed E-state index contributed by atoms with van der Waals surface area (Å²) in [5.74, 6) is 0. The molecular weight excluding hydrogens is 486 g/mol. The van der Waals surface area contributed by atoms with Gasteiger partial charge in [0.1, 0.15) is 0 Å². The van der Waals surface area contributed by atoms with Gasteiger partial charge in [0.15, 0.2) is 0 Å². The van der Waals surface area contributed by atoms with Crippen molar-refractivity contribution in [2.75, 3.05) is 31.2 Å². The Balaban J connectivity index is 0.000000185. The summed E-state index contributed by atoms with van der Waals surface area (Å²) < 4.78 is 8.72. The molecule has 0 atom stereocenters. The normalized spacial score (nSPS) is 14.2. The molecule has 1 aliphatic heterocycles. The lowest BCUT2D eigenvalue weighted by atomic mass is 10.2. The van der Waals surface area contributed by atoms with Crippen LogP contribution in [0.25, 0.3) is 0 Å². The monoisotopic (exact) mass is 503 g/mol. The van der Waals surface area contributed by atoms with Crippen LogP contribution in [0.4, 0.5) is 5.69 Å². The van der Waals surface area contributed by atoms with Gasteiger partial charge in [-0.25, -0.2) is 0 Å². The zero-order chi connectivity index (χ0) is 16.8. The minimum atomic E-state index is 0.839. The van der Waals surface area contributed by atoms with Crippen LogP contribution >= 0.6 is 47.8 Å². The van der Waals surface area contributed by atoms with Crippen LogP contribution in [0.2, 0.25) is 0 Å². The second kappa shape index (κ2) is 9.21. The molecule has 1 aliphatic rings. The second-order valence-electron chi connectivity index (χ2n) is 5.53. The van der Waals surface area contributed by atoms with Crippen molar-refractivity contribution < 1.29 is 4.74 Å². The molecule has 1 saturated heterocycles. The van der Waals surface area contributed by atoms with Crippen molar-refractivity contribution in [2.45, 2.75) is 13.8 Å². The van der Waals surface area contributed by atoms with E-state index in [4.69, 9.17) is 4.74 Å². The number of morpholine rings is 1. The summed E-state index contributed by atoms with van der Waals surface area (Å²) in [6.45, 7) is 7.85. The number of ether oxygens (including phenoxy) is 1. The Morgan fingerprint density at radius 3 is 1.70 bits per heavy atom. The molecule has 0 saturated carbocycles. The van der Waals surface area contributed by atoms with Crippen molar-refractivity contribution in [1.29, 1.82) is 0 Å². The third kappa shape index (κ3) is 6.57. The summed E-state index contributed by atoms with van der Waals surface area (Å²) in [5.41, 5.74) is 3.84. The Hall–Kier alpha value is -0.360. The van der Waals surface area contributed by atoms with Gasteiger partial charge in [0, 0.05) is 32.2 Å².